The van der Waals surface area contributed by atoms with E-state index in [0.29, 0.717) is 5.39 Å². The van der Waals surface area contributed by atoms with E-state index < -0.39 is 0 Å². The maximum Gasteiger partial charge on any atom is 0.282 e. The molecule has 0 atom stereocenters. The fraction of sp³-hybridized carbons (Fsp3) is 0.118. The molecule has 0 unspecified atom stereocenters. The first-order valence-corrected chi connectivity index (χ1v) is 7.33. The van der Waals surface area contributed by atoms with E-state index in [-0.39, 0.29) is 10.3 Å². The van der Waals surface area contributed by atoms with Crippen LogP contribution in [0.15, 0.2) is 52.4 Å². The standard InChI is InChI=1S/C17H15N3OS/c1-11-7-8-13(12(2)9-11)10-18-20-16(21)14-5-3-4-6-15(14)19-17(20)22/h3-10H,1-2H3,(H,19,22)/b18-10-. The minimum atomic E-state index is -0.222. The quantitative estimate of drug-likeness (QED) is 0.581. The Bertz CT molecular complexity index is 999. The SMILES string of the molecule is Cc1ccc(/C=N\n2c(=S)[nH]c3ccccc3c2=O)c(C)c1. The number of aryl methyl sites for hydroxylation is 2. The van der Waals surface area contributed by atoms with Crippen LogP contribution in [0.2, 0.25) is 0 Å². The van der Waals surface area contributed by atoms with Gasteiger partial charge in [0.15, 0.2) is 0 Å². The number of hydrogen-bond acceptors (Lipinski definition) is 3. The summed E-state index contributed by atoms with van der Waals surface area (Å²) >= 11 is 5.23. The van der Waals surface area contributed by atoms with Gasteiger partial charge >= 0.3 is 0 Å². The molecule has 0 spiro atoms. The molecule has 22 heavy (non-hydrogen) atoms. The number of nitrogens with one attached hydrogen (secondary N) is 1. The Kier molecular flexibility index (Phi) is 3.73. The van der Waals surface area contributed by atoms with E-state index in [9.17, 15) is 4.79 Å². The zero-order chi connectivity index (χ0) is 15.7. The van der Waals surface area contributed by atoms with E-state index in [4.69, 9.17) is 12.2 Å². The predicted molar refractivity (Wildman–Crippen MR) is 92.3 cm³/mol. The number of para-hydroxylation sites is 1. The fourth-order valence-electron chi connectivity index (χ4n) is 2.35. The summed E-state index contributed by atoms with van der Waals surface area (Å²) in [6.45, 7) is 4.05. The molecule has 4 nitrogen and oxygen atoms in total. The van der Waals surface area contributed by atoms with Gasteiger partial charge in [-0.2, -0.15) is 9.78 Å². The summed E-state index contributed by atoms with van der Waals surface area (Å²) in [4.78, 5) is 15.5. The van der Waals surface area contributed by atoms with E-state index in [1.54, 1.807) is 12.3 Å². The van der Waals surface area contributed by atoms with Crippen molar-refractivity contribution in [3.05, 3.63) is 74.3 Å². The van der Waals surface area contributed by atoms with Gasteiger partial charge in [0.05, 0.1) is 17.1 Å². The third-order valence-corrected chi connectivity index (χ3v) is 3.80. The Hall–Kier alpha value is -2.53. The topological polar surface area (TPSA) is 50.1 Å². The van der Waals surface area contributed by atoms with Gasteiger partial charge < -0.3 is 4.98 Å². The zero-order valence-electron chi connectivity index (χ0n) is 12.3. The van der Waals surface area contributed by atoms with E-state index in [0.717, 1.165) is 16.6 Å². The molecule has 2 aromatic carbocycles. The molecule has 0 bridgehead atoms. The van der Waals surface area contributed by atoms with Crippen molar-refractivity contribution in [1.82, 2.24) is 9.66 Å². The molecule has 0 aliphatic rings. The number of fused-ring (bicyclic) bond motifs is 1. The van der Waals surface area contributed by atoms with Crippen molar-refractivity contribution in [2.75, 3.05) is 0 Å². The summed E-state index contributed by atoms with van der Waals surface area (Å²) in [5.41, 5.74) is 3.75. The van der Waals surface area contributed by atoms with Crippen LogP contribution in [0.3, 0.4) is 0 Å². The van der Waals surface area contributed by atoms with Gasteiger partial charge in [-0.25, -0.2) is 0 Å². The highest BCUT2D eigenvalue weighted by atomic mass is 32.1. The molecule has 1 N–H and O–H groups in total. The number of rotatable bonds is 2. The van der Waals surface area contributed by atoms with Crippen LogP contribution >= 0.6 is 12.2 Å². The van der Waals surface area contributed by atoms with Crippen LogP contribution in [0.25, 0.3) is 10.9 Å². The smallest absolute Gasteiger partial charge is 0.282 e. The number of H-pyrrole nitrogens is 1. The Morgan fingerprint density at radius 1 is 1.18 bits per heavy atom. The third-order valence-electron chi connectivity index (χ3n) is 3.52. The maximum absolute atomic E-state index is 12.5. The fourth-order valence-corrected chi connectivity index (χ4v) is 2.59. The number of nitrogens with zero attached hydrogens (tertiary/aromatic N) is 2. The first-order chi connectivity index (χ1) is 10.6. The highest BCUT2D eigenvalue weighted by Crippen LogP contribution is 2.09. The first kappa shape index (κ1) is 14.4. The summed E-state index contributed by atoms with van der Waals surface area (Å²) in [5.74, 6) is 0. The van der Waals surface area contributed by atoms with Gasteiger partial charge in [-0.05, 0) is 49.3 Å². The molecule has 1 heterocycles. The van der Waals surface area contributed by atoms with E-state index in [1.165, 1.54) is 10.2 Å². The van der Waals surface area contributed by atoms with Gasteiger partial charge in [-0.3, -0.25) is 4.79 Å². The molecule has 110 valence electrons. The van der Waals surface area contributed by atoms with Crippen LogP contribution in [-0.4, -0.2) is 15.9 Å². The lowest BCUT2D eigenvalue weighted by Crippen LogP contribution is -2.18. The summed E-state index contributed by atoms with van der Waals surface area (Å²) < 4.78 is 1.50. The average molecular weight is 309 g/mol. The lowest BCUT2D eigenvalue weighted by molar-refractivity contribution is 0.799. The minimum absolute atomic E-state index is 0.222. The predicted octanol–water partition coefficient (Wildman–Crippen LogP) is 3.56. The Balaban J connectivity index is 2.13. The largest absolute Gasteiger partial charge is 0.330 e. The minimum Gasteiger partial charge on any atom is -0.330 e. The second-order valence-corrected chi connectivity index (χ2v) is 5.58. The van der Waals surface area contributed by atoms with Crippen molar-refractivity contribution in [2.24, 2.45) is 5.10 Å². The van der Waals surface area contributed by atoms with Crippen molar-refractivity contribution >= 4 is 29.3 Å². The molecule has 1 aromatic heterocycles. The van der Waals surface area contributed by atoms with Crippen LogP contribution in [0, 0.1) is 18.6 Å². The Morgan fingerprint density at radius 3 is 2.73 bits per heavy atom. The molecule has 0 amide bonds. The number of aromatic amines is 1. The molecule has 5 heteroatoms. The van der Waals surface area contributed by atoms with Crippen molar-refractivity contribution < 1.29 is 0 Å². The van der Waals surface area contributed by atoms with E-state index in [2.05, 4.69) is 16.2 Å². The second kappa shape index (κ2) is 5.69. The molecule has 3 aromatic rings. The maximum atomic E-state index is 12.5. The summed E-state index contributed by atoms with van der Waals surface area (Å²) in [5, 5.41) is 4.82. The molecule has 0 aliphatic heterocycles. The Labute approximate surface area is 132 Å². The molecule has 0 saturated carbocycles. The van der Waals surface area contributed by atoms with Crippen molar-refractivity contribution in [3.63, 3.8) is 0 Å². The average Bonchev–Trinajstić information content (AvgIpc) is 2.49. The Morgan fingerprint density at radius 2 is 1.95 bits per heavy atom. The summed E-state index contributed by atoms with van der Waals surface area (Å²) in [6, 6.07) is 13.3. The van der Waals surface area contributed by atoms with Crippen LogP contribution in [-0.2, 0) is 0 Å². The van der Waals surface area contributed by atoms with Crippen molar-refractivity contribution in [1.29, 1.82) is 0 Å². The van der Waals surface area contributed by atoms with Crippen molar-refractivity contribution in [2.45, 2.75) is 13.8 Å². The number of benzene rings is 2. The molecular formula is C17H15N3OS. The molecule has 3 rings (SSSR count). The van der Waals surface area contributed by atoms with Gasteiger partial charge in [0.2, 0.25) is 4.77 Å². The number of aromatic nitrogens is 2. The summed E-state index contributed by atoms with van der Waals surface area (Å²) in [7, 11) is 0. The normalized spacial score (nSPS) is 11.4. The highest BCUT2D eigenvalue weighted by molar-refractivity contribution is 7.71. The van der Waals surface area contributed by atoms with Gasteiger partial charge in [0.1, 0.15) is 0 Å². The molecule has 0 fully saturated rings. The lowest BCUT2D eigenvalue weighted by atomic mass is 10.1. The van der Waals surface area contributed by atoms with Crippen molar-refractivity contribution in [3.8, 4) is 0 Å². The molecule has 0 aliphatic carbocycles. The van der Waals surface area contributed by atoms with Gasteiger partial charge in [0, 0.05) is 0 Å². The second-order valence-electron chi connectivity index (χ2n) is 5.20. The van der Waals surface area contributed by atoms with Crippen LogP contribution < -0.4 is 5.56 Å². The van der Waals surface area contributed by atoms with Gasteiger partial charge in [-0.1, -0.05) is 35.9 Å². The van der Waals surface area contributed by atoms with Gasteiger partial charge in [0.25, 0.3) is 5.56 Å². The lowest BCUT2D eigenvalue weighted by Gasteiger charge is -2.04. The highest BCUT2D eigenvalue weighted by Gasteiger charge is 2.03. The molecule has 0 radical (unpaired) electrons. The third kappa shape index (κ3) is 2.63. The summed E-state index contributed by atoms with van der Waals surface area (Å²) in [6.07, 6.45) is 1.66. The van der Waals surface area contributed by atoms with E-state index >= 15 is 0 Å². The zero-order valence-corrected chi connectivity index (χ0v) is 13.1. The first-order valence-electron chi connectivity index (χ1n) is 6.92. The molecule has 0 saturated heterocycles. The van der Waals surface area contributed by atoms with E-state index in [1.807, 2.05) is 44.2 Å². The van der Waals surface area contributed by atoms with Crippen LogP contribution in [0.4, 0.5) is 0 Å². The van der Waals surface area contributed by atoms with Crippen LogP contribution in [0.5, 0.6) is 0 Å². The van der Waals surface area contributed by atoms with Gasteiger partial charge in [-0.15, -0.1) is 0 Å². The monoisotopic (exact) mass is 309 g/mol. The molecular weight excluding hydrogens is 294 g/mol. The van der Waals surface area contributed by atoms with Crippen LogP contribution in [0.1, 0.15) is 16.7 Å². The number of hydrogen-bond donors (Lipinski definition) is 1.